The second kappa shape index (κ2) is 7.19. The molecule has 2 aromatic heterocycles. The first kappa shape index (κ1) is 16.6. The lowest BCUT2D eigenvalue weighted by atomic mass is 9.99. The van der Waals surface area contributed by atoms with E-state index in [4.69, 9.17) is 0 Å². The van der Waals surface area contributed by atoms with Gasteiger partial charge in [0.1, 0.15) is 0 Å². The summed E-state index contributed by atoms with van der Waals surface area (Å²) in [5.41, 5.74) is 4.39. The lowest BCUT2D eigenvalue weighted by Gasteiger charge is -2.29. The summed E-state index contributed by atoms with van der Waals surface area (Å²) in [5.74, 6) is 0.709. The van der Waals surface area contributed by atoms with Crippen molar-refractivity contribution in [2.75, 3.05) is 18.4 Å². The van der Waals surface area contributed by atoms with Crippen molar-refractivity contribution in [3.8, 4) is 0 Å². The molecule has 1 amide bonds. The number of carbonyl (C=O) groups excluding carboxylic acids is 1. The normalized spacial score (nSPS) is 16.4. The molecule has 1 saturated heterocycles. The maximum Gasteiger partial charge on any atom is 0.257 e. The van der Waals surface area contributed by atoms with Gasteiger partial charge in [0.2, 0.25) is 0 Å². The summed E-state index contributed by atoms with van der Waals surface area (Å²) in [4.78, 5) is 23.7. The summed E-state index contributed by atoms with van der Waals surface area (Å²) in [6.07, 6.45) is 2.52. The molecular formula is C18H20N4OS2. The molecule has 0 aliphatic carbocycles. The lowest BCUT2D eigenvalue weighted by molar-refractivity contribution is 0.102. The van der Waals surface area contributed by atoms with Gasteiger partial charge in [0, 0.05) is 17.5 Å². The zero-order valence-electron chi connectivity index (χ0n) is 14.1. The van der Waals surface area contributed by atoms with Crippen LogP contribution >= 0.6 is 22.7 Å². The lowest BCUT2D eigenvalue weighted by Crippen LogP contribution is -2.32. The van der Waals surface area contributed by atoms with Crippen molar-refractivity contribution in [1.29, 1.82) is 0 Å². The molecule has 0 atom stereocenters. The Kier molecular flexibility index (Phi) is 4.78. The van der Waals surface area contributed by atoms with Gasteiger partial charge in [0.05, 0.1) is 21.4 Å². The average Bonchev–Trinajstić information content (AvgIpc) is 3.25. The number of piperidine rings is 1. The first-order valence-corrected chi connectivity index (χ1v) is 10.2. The Bertz CT molecular complexity index is 880. The number of amides is 1. The largest absolute Gasteiger partial charge is 0.298 e. The number of fused-ring (bicyclic) bond motifs is 1. The van der Waals surface area contributed by atoms with Crippen LogP contribution in [0.2, 0.25) is 0 Å². The fraction of sp³-hybridized carbons (Fsp3) is 0.389. The van der Waals surface area contributed by atoms with Crippen molar-refractivity contribution >= 4 is 43.9 Å². The van der Waals surface area contributed by atoms with Crippen molar-refractivity contribution in [3.63, 3.8) is 0 Å². The van der Waals surface area contributed by atoms with Gasteiger partial charge in [0.25, 0.3) is 5.91 Å². The molecule has 3 heterocycles. The van der Waals surface area contributed by atoms with Gasteiger partial charge in [-0.05, 0) is 50.0 Å². The topological polar surface area (TPSA) is 58.1 Å². The number of benzene rings is 1. The highest BCUT2D eigenvalue weighted by molar-refractivity contribution is 7.16. The molecule has 1 aliphatic heterocycles. The maximum atomic E-state index is 12.4. The zero-order valence-corrected chi connectivity index (χ0v) is 15.7. The van der Waals surface area contributed by atoms with Crippen molar-refractivity contribution < 1.29 is 4.79 Å². The van der Waals surface area contributed by atoms with Gasteiger partial charge in [-0.1, -0.05) is 6.92 Å². The fourth-order valence-corrected chi connectivity index (χ4v) is 4.46. The smallest absolute Gasteiger partial charge is 0.257 e. The van der Waals surface area contributed by atoms with E-state index in [1.54, 1.807) is 11.6 Å². The minimum absolute atomic E-state index is 0.122. The van der Waals surface area contributed by atoms with Gasteiger partial charge in [-0.2, -0.15) is 0 Å². The van der Waals surface area contributed by atoms with E-state index in [2.05, 4.69) is 27.1 Å². The number of nitrogens with zero attached hydrogens (tertiary/aromatic N) is 3. The summed E-state index contributed by atoms with van der Waals surface area (Å²) in [6.45, 7) is 5.45. The van der Waals surface area contributed by atoms with E-state index in [0.717, 1.165) is 41.5 Å². The van der Waals surface area contributed by atoms with Gasteiger partial charge >= 0.3 is 0 Å². The van der Waals surface area contributed by atoms with Gasteiger partial charge < -0.3 is 0 Å². The Labute approximate surface area is 154 Å². The number of carbonyl (C=O) groups is 1. The van der Waals surface area contributed by atoms with Crippen LogP contribution in [-0.4, -0.2) is 33.9 Å². The number of hydrogen-bond donors (Lipinski definition) is 1. The van der Waals surface area contributed by atoms with Crippen LogP contribution < -0.4 is 5.32 Å². The van der Waals surface area contributed by atoms with E-state index >= 15 is 0 Å². The van der Waals surface area contributed by atoms with Crippen LogP contribution in [0, 0.1) is 5.92 Å². The Balaban J connectivity index is 1.39. The minimum Gasteiger partial charge on any atom is -0.298 e. The number of rotatable bonds is 4. The second-order valence-electron chi connectivity index (χ2n) is 6.59. The summed E-state index contributed by atoms with van der Waals surface area (Å²) in [7, 11) is 0. The Morgan fingerprint density at radius 2 is 2.16 bits per heavy atom. The minimum atomic E-state index is -0.122. The third kappa shape index (κ3) is 3.89. The highest BCUT2D eigenvalue weighted by Crippen LogP contribution is 2.23. The molecule has 25 heavy (non-hydrogen) atoms. The van der Waals surface area contributed by atoms with Gasteiger partial charge in [0.15, 0.2) is 5.13 Å². The molecular weight excluding hydrogens is 352 g/mol. The third-order valence-electron chi connectivity index (χ3n) is 4.63. The van der Waals surface area contributed by atoms with Crippen molar-refractivity contribution in [3.05, 3.63) is 40.3 Å². The third-order valence-corrected chi connectivity index (χ3v) is 6.23. The van der Waals surface area contributed by atoms with Crippen LogP contribution in [0.15, 0.2) is 29.1 Å². The van der Waals surface area contributed by atoms with E-state index in [1.165, 1.54) is 35.5 Å². The van der Waals surface area contributed by atoms with Gasteiger partial charge in [-0.3, -0.25) is 15.0 Å². The zero-order chi connectivity index (χ0) is 17.2. The van der Waals surface area contributed by atoms with Crippen LogP contribution in [0.3, 0.4) is 0 Å². The summed E-state index contributed by atoms with van der Waals surface area (Å²) in [6, 6.07) is 5.57. The van der Waals surface area contributed by atoms with Crippen LogP contribution in [0.25, 0.3) is 10.2 Å². The van der Waals surface area contributed by atoms with Crippen LogP contribution in [0.1, 0.15) is 35.8 Å². The summed E-state index contributed by atoms with van der Waals surface area (Å²) >= 11 is 3.03. The highest BCUT2D eigenvalue weighted by atomic mass is 32.1. The summed E-state index contributed by atoms with van der Waals surface area (Å²) < 4.78 is 1.02. The Morgan fingerprint density at radius 3 is 3.00 bits per heavy atom. The monoisotopic (exact) mass is 372 g/mol. The molecule has 7 heteroatoms. The van der Waals surface area contributed by atoms with E-state index in [-0.39, 0.29) is 5.91 Å². The molecule has 0 saturated carbocycles. The Hall–Kier alpha value is -1.83. The first-order valence-electron chi connectivity index (χ1n) is 8.49. The predicted octanol–water partition coefficient (Wildman–Crippen LogP) is 4.24. The molecule has 0 unspecified atom stereocenters. The molecule has 0 bridgehead atoms. The fourth-order valence-electron chi connectivity index (χ4n) is 3.05. The van der Waals surface area contributed by atoms with Crippen molar-refractivity contribution in [2.45, 2.75) is 26.3 Å². The molecule has 4 rings (SSSR count). The molecule has 1 fully saturated rings. The van der Waals surface area contributed by atoms with Crippen LogP contribution in [-0.2, 0) is 6.54 Å². The number of thiazole rings is 2. The second-order valence-corrected chi connectivity index (χ2v) is 8.34. The van der Waals surface area contributed by atoms with E-state index < -0.39 is 0 Å². The molecule has 0 radical (unpaired) electrons. The van der Waals surface area contributed by atoms with Crippen molar-refractivity contribution in [2.24, 2.45) is 5.92 Å². The van der Waals surface area contributed by atoms with E-state index in [0.29, 0.717) is 10.7 Å². The summed E-state index contributed by atoms with van der Waals surface area (Å²) in [5, 5.41) is 5.62. The molecule has 5 nitrogen and oxygen atoms in total. The molecule has 1 aliphatic rings. The quantitative estimate of drug-likeness (QED) is 0.744. The van der Waals surface area contributed by atoms with Gasteiger partial charge in [-0.15, -0.1) is 22.7 Å². The van der Waals surface area contributed by atoms with E-state index in [9.17, 15) is 4.79 Å². The van der Waals surface area contributed by atoms with Crippen molar-refractivity contribution in [1.82, 2.24) is 14.9 Å². The maximum absolute atomic E-state index is 12.4. The number of nitrogens with one attached hydrogen (secondary N) is 1. The predicted molar refractivity (Wildman–Crippen MR) is 103 cm³/mol. The molecule has 0 spiro atoms. The van der Waals surface area contributed by atoms with E-state index in [1.807, 2.05) is 17.5 Å². The molecule has 1 N–H and O–H groups in total. The molecule has 1 aromatic carbocycles. The van der Waals surface area contributed by atoms with Crippen LogP contribution in [0.5, 0.6) is 0 Å². The number of anilines is 1. The Morgan fingerprint density at radius 1 is 1.32 bits per heavy atom. The number of aromatic nitrogens is 2. The average molecular weight is 373 g/mol. The number of hydrogen-bond acceptors (Lipinski definition) is 6. The molecule has 3 aromatic rings. The van der Waals surface area contributed by atoms with Gasteiger partial charge in [-0.25, -0.2) is 9.97 Å². The first-order chi connectivity index (χ1) is 12.2. The standard InChI is InChI=1S/C18H20N4OS2/c1-12-4-6-22(7-5-12)9-14-10-24-18(20-14)21-17(23)13-2-3-15-16(8-13)25-11-19-15/h2-3,8,10-12H,4-7,9H2,1H3,(H,20,21,23). The number of likely N-dealkylation sites (tertiary alicyclic amines) is 1. The molecule has 130 valence electrons. The SMILES string of the molecule is CC1CCN(Cc2csc(NC(=O)c3ccc4ncsc4c3)n2)CC1. The highest BCUT2D eigenvalue weighted by Gasteiger charge is 2.17. The van der Waals surface area contributed by atoms with Crippen LogP contribution in [0.4, 0.5) is 5.13 Å².